The van der Waals surface area contributed by atoms with E-state index in [2.05, 4.69) is 62.5 Å². The summed E-state index contributed by atoms with van der Waals surface area (Å²) < 4.78 is 63.5. The molecule has 3 saturated heterocycles. The largest absolute Gasteiger partial charge is 0.467 e. The molecular formula is C49H67F2N7O6Si. The molecule has 352 valence electrons. The standard InChI is InChI=1S/C49H67F2N7O6Si/c1-29(2)65(30(3)4,31(5)6)20-19-39-40(51)18-15-32-21-38(62-28-60-11)23-41(42(32)39)63-47-53-44-43(58(47)34-13-12-14-34)45(54-46(52-44)61-27-37-22-33(50)24-55(37)10)56-25-35-16-17-36(26-56)57(35)48(59)64-49(7,8)9/h15,18,21,23,29-31,33-37H,12-14,16-17,22,24-28H2,1-11H3/t33-,35?,36?,37-/m0/s1. The molecule has 5 heterocycles. The summed E-state index contributed by atoms with van der Waals surface area (Å²) in [5.41, 5.74) is 5.49. The second-order valence-corrected chi connectivity index (χ2v) is 26.1. The van der Waals surface area contributed by atoms with Crippen LogP contribution in [0.1, 0.15) is 112 Å². The zero-order valence-corrected chi connectivity index (χ0v) is 41.0. The van der Waals surface area contributed by atoms with Crippen molar-refractivity contribution in [2.24, 2.45) is 0 Å². The molecule has 0 radical (unpaired) electrons. The summed E-state index contributed by atoms with van der Waals surface area (Å²) in [4.78, 5) is 34.8. The first-order chi connectivity index (χ1) is 30.9. The third-order valence-electron chi connectivity index (χ3n) is 14.2. The zero-order chi connectivity index (χ0) is 46.5. The van der Waals surface area contributed by atoms with Crippen LogP contribution in [0.25, 0.3) is 21.9 Å². The van der Waals surface area contributed by atoms with Crippen molar-refractivity contribution in [3.05, 3.63) is 35.6 Å². The number of carbonyl (C=O) groups excluding carboxylic acids is 1. The molecule has 1 saturated carbocycles. The van der Waals surface area contributed by atoms with Crippen molar-refractivity contribution in [2.75, 3.05) is 52.1 Å². The van der Waals surface area contributed by atoms with Crippen LogP contribution in [-0.2, 0) is 9.47 Å². The molecule has 13 nitrogen and oxygen atoms in total. The van der Waals surface area contributed by atoms with Gasteiger partial charge in [0.05, 0.1) is 17.6 Å². The molecule has 2 aromatic heterocycles. The number of benzene rings is 2. The maximum absolute atomic E-state index is 16.4. The molecule has 0 spiro atoms. The maximum Gasteiger partial charge on any atom is 0.410 e. The number of methoxy groups -OCH3 is 1. The van der Waals surface area contributed by atoms with Crippen molar-refractivity contribution >= 4 is 41.9 Å². The Bertz CT molecular complexity index is 2420. The van der Waals surface area contributed by atoms with E-state index in [1.54, 1.807) is 19.2 Å². The fraction of sp³-hybridized carbons (Fsp3) is 0.633. The van der Waals surface area contributed by atoms with Gasteiger partial charge in [0.2, 0.25) is 0 Å². The second kappa shape index (κ2) is 18.5. The van der Waals surface area contributed by atoms with Crippen LogP contribution < -0.4 is 19.1 Å². The first-order valence-corrected chi connectivity index (χ1v) is 25.7. The number of amides is 1. The fourth-order valence-electron chi connectivity index (χ4n) is 10.8. The van der Waals surface area contributed by atoms with E-state index in [1.165, 1.54) is 6.07 Å². The Morgan fingerprint density at radius 2 is 1.62 bits per heavy atom. The predicted molar refractivity (Wildman–Crippen MR) is 251 cm³/mol. The van der Waals surface area contributed by atoms with Gasteiger partial charge in [0.1, 0.15) is 49.3 Å². The highest BCUT2D eigenvalue weighted by atomic mass is 28.3. The second-order valence-electron chi connectivity index (χ2n) is 20.5. The van der Waals surface area contributed by atoms with Crippen LogP contribution in [0.3, 0.4) is 0 Å². The zero-order valence-electron chi connectivity index (χ0n) is 40.0. The number of piperazine rings is 1. The Kier molecular flexibility index (Phi) is 13.3. The first kappa shape index (κ1) is 46.8. The highest BCUT2D eigenvalue weighted by Crippen LogP contribution is 2.46. The van der Waals surface area contributed by atoms with Gasteiger partial charge in [0, 0.05) is 50.3 Å². The van der Waals surface area contributed by atoms with Crippen LogP contribution in [0.4, 0.5) is 19.4 Å². The van der Waals surface area contributed by atoms with E-state index < -0.39 is 25.7 Å². The average molecular weight is 916 g/mol. The number of hydrogen-bond acceptors (Lipinski definition) is 11. The molecule has 16 heteroatoms. The average Bonchev–Trinajstić information content (AvgIpc) is 3.82. The Balaban J connectivity index is 1.27. The van der Waals surface area contributed by atoms with Crippen molar-refractivity contribution in [3.63, 3.8) is 0 Å². The number of carbonyl (C=O) groups is 1. The van der Waals surface area contributed by atoms with E-state index in [4.69, 9.17) is 38.6 Å². The van der Waals surface area contributed by atoms with E-state index in [9.17, 15) is 9.18 Å². The smallest absolute Gasteiger partial charge is 0.410 e. The molecule has 2 bridgehead atoms. The molecule has 65 heavy (non-hydrogen) atoms. The number of fused-ring (bicyclic) bond motifs is 4. The minimum atomic E-state index is -2.27. The van der Waals surface area contributed by atoms with Gasteiger partial charge >= 0.3 is 18.1 Å². The fourth-order valence-corrected chi connectivity index (χ4v) is 16.1. The predicted octanol–water partition coefficient (Wildman–Crippen LogP) is 10.2. The summed E-state index contributed by atoms with van der Waals surface area (Å²) in [6.45, 7) is 20.7. The third-order valence-corrected chi connectivity index (χ3v) is 20.5. The van der Waals surface area contributed by atoms with Crippen LogP contribution in [0, 0.1) is 17.3 Å². The number of hydrogen-bond donors (Lipinski definition) is 0. The monoisotopic (exact) mass is 915 g/mol. The number of aromatic nitrogens is 4. The number of alkyl halides is 1. The maximum atomic E-state index is 16.4. The Morgan fingerprint density at radius 1 is 0.923 bits per heavy atom. The van der Waals surface area contributed by atoms with E-state index in [-0.39, 0.29) is 61.2 Å². The van der Waals surface area contributed by atoms with Crippen molar-refractivity contribution < 1.29 is 37.3 Å². The van der Waals surface area contributed by atoms with Gasteiger partial charge in [-0.1, -0.05) is 53.5 Å². The number of rotatable bonds is 13. The number of likely N-dealkylation sites (tertiary alicyclic amines) is 1. The number of imidazole rings is 1. The van der Waals surface area contributed by atoms with Crippen LogP contribution in [-0.4, -0.2) is 121 Å². The molecule has 2 unspecified atom stereocenters. The number of nitrogens with zero attached hydrogens (tertiary/aromatic N) is 7. The summed E-state index contributed by atoms with van der Waals surface area (Å²) >= 11 is 0. The summed E-state index contributed by atoms with van der Waals surface area (Å²) in [6.07, 6.45) is 3.57. The molecule has 4 atom stereocenters. The molecule has 1 aliphatic carbocycles. The van der Waals surface area contributed by atoms with E-state index in [0.29, 0.717) is 81.9 Å². The molecule has 0 N–H and O–H groups in total. The van der Waals surface area contributed by atoms with Crippen LogP contribution >= 0.6 is 0 Å². The van der Waals surface area contributed by atoms with Gasteiger partial charge in [0.15, 0.2) is 18.3 Å². The summed E-state index contributed by atoms with van der Waals surface area (Å²) in [7, 11) is 1.18. The van der Waals surface area contributed by atoms with Crippen LogP contribution in [0.2, 0.25) is 16.6 Å². The van der Waals surface area contributed by atoms with E-state index in [1.807, 2.05) is 43.7 Å². The van der Waals surface area contributed by atoms with Gasteiger partial charge in [0.25, 0.3) is 0 Å². The number of anilines is 1. The third kappa shape index (κ3) is 9.21. The SMILES string of the molecule is COCOc1cc(Oc2nc3nc(OC[C@@H]4C[C@H](F)CN4C)nc(N4CC5CCC(C4)N5C(=O)OC(C)(C)C)c3n2C2CCC2)c2c(C#C[Si](C(C)C)(C(C)C)C(C)C)c(F)ccc2c1. The minimum Gasteiger partial charge on any atom is -0.467 e. The molecular weight excluding hydrogens is 849 g/mol. The number of ether oxygens (including phenoxy) is 5. The van der Waals surface area contributed by atoms with Crippen molar-refractivity contribution in [2.45, 2.75) is 153 Å². The summed E-state index contributed by atoms with van der Waals surface area (Å²) in [6, 6.07) is 6.87. The quantitative estimate of drug-likeness (QED) is 0.0725. The molecule has 3 aliphatic heterocycles. The Hall–Kier alpha value is -4.72. The van der Waals surface area contributed by atoms with Gasteiger partial charge in [-0.3, -0.25) is 14.4 Å². The van der Waals surface area contributed by atoms with Gasteiger partial charge in [-0.25, -0.2) is 13.6 Å². The lowest BCUT2D eigenvalue weighted by atomic mass is 9.93. The number of likely N-dealkylation sites (N-methyl/N-ethyl adjacent to an activating group) is 1. The first-order valence-electron chi connectivity index (χ1n) is 23.5. The molecule has 2 aromatic carbocycles. The van der Waals surface area contributed by atoms with Crippen LogP contribution in [0.15, 0.2) is 24.3 Å². The Morgan fingerprint density at radius 3 is 2.20 bits per heavy atom. The summed E-state index contributed by atoms with van der Waals surface area (Å²) in [5, 5.41) is 1.21. The van der Waals surface area contributed by atoms with E-state index in [0.717, 1.165) is 32.1 Å². The van der Waals surface area contributed by atoms with Crippen molar-refractivity contribution in [3.8, 4) is 35.0 Å². The van der Waals surface area contributed by atoms with Crippen LogP contribution in [0.5, 0.6) is 23.5 Å². The van der Waals surface area contributed by atoms with Crippen molar-refractivity contribution in [1.29, 1.82) is 0 Å². The lowest BCUT2D eigenvalue weighted by Gasteiger charge is -2.42. The van der Waals surface area contributed by atoms with Gasteiger partial charge in [-0.05, 0) is 100 Å². The summed E-state index contributed by atoms with van der Waals surface area (Å²) in [5.74, 6) is 4.41. The Labute approximate surface area is 383 Å². The van der Waals surface area contributed by atoms with Crippen molar-refractivity contribution in [1.82, 2.24) is 29.3 Å². The van der Waals surface area contributed by atoms with Gasteiger partial charge in [-0.2, -0.15) is 15.0 Å². The highest BCUT2D eigenvalue weighted by Gasteiger charge is 2.46. The molecule has 4 fully saturated rings. The van der Waals surface area contributed by atoms with E-state index >= 15 is 4.39 Å². The lowest BCUT2D eigenvalue weighted by molar-refractivity contribution is 0.0122. The molecule has 1 amide bonds. The minimum absolute atomic E-state index is 0.00177. The molecule has 4 aliphatic rings. The van der Waals surface area contributed by atoms with Gasteiger partial charge in [-0.15, -0.1) is 5.54 Å². The number of halogens is 2. The normalized spacial score (nSPS) is 21.7. The topological polar surface area (TPSA) is 117 Å². The molecule has 8 rings (SSSR count). The highest BCUT2D eigenvalue weighted by molar-refractivity contribution is 6.90. The van der Waals surface area contributed by atoms with Gasteiger partial charge < -0.3 is 28.6 Å². The molecule has 4 aromatic rings. The lowest BCUT2D eigenvalue weighted by Crippen LogP contribution is -2.57.